The van der Waals surface area contributed by atoms with Crippen LogP contribution < -0.4 is 21.9 Å². The molecule has 1 aromatic carbocycles. The number of aryl methyl sites for hydroxylation is 3. The first-order valence-corrected chi connectivity index (χ1v) is 11.0. The van der Waals surface area contributed by atoms with Crippen LogP contribution in [0.4, 0.5) is 10.5 Å². The second kappa shape index (κ2) is 9.63. The Hall–Kier alpha value is -3.69. The van der Waals surface area contributed by atoms with E-state index in [1.165, 1.54) is 10.7 Å². The number of amides is 2. The van der Waals surface area contributed by atoms with Crippen molar-refractivity contribution in [1.29, 1.82) is 0 Å². The van der Waals surface area contributed by atoms with E-state index in [2.05, 4.69) is 25.7 Å². The maximum atomic E-state index is 12.3. The quantitative estimate of drug-likeness (QED) is 0.487. The Morgan fingerprint density at radius 3 is 2.91 bits per heavy atom. The highest BCUT2D eigenvalue weighted by Crippen LogP contribution is 2.19. The molecule has 0 saturated heterocycles. The van der Waals surface area contributed by atoms with Gasteiger partial charge in [0.2, 0.25) is 0 Å². The van der Waals surface area contributed by atoms with Gasteiger partial charge in [-0.25, -0.2) is 19.3 Å². The van der Waals surface area contributed by atoms with E-state index in [1.54, 1.807) is 22.8 Å². The van der Waals surface area contributed by atoms with Crippen LogP contribution in [0.1, 0.15) is 37.7 Å². The van der Waals surface area contributed by atoms with Gasteiger partial charge in [0.1, 0.15) is 11.6 Å². The summed E-state index contributed by atoms with van der Waals surface area (Å²) in [6.45, 7) is 3.54. The Bertz CT molecular complexity index is 1220. The first-order chi connectivity index (χ1) is 15.5. The van der Waals surface area contributed by atoms with Crippen LogP contribution in [0.15, 0.2) is 39.9 Å². The number of aromatic amines is 1. The van der Waals surface area contributed by atoms with Crippen LogP contribution in [0.3, 0.4) is 0 Å². The van der Waals surface area contributed by atoms with Crippen molar-refractivity contribution in [2.75, 3.05) is 11.9 Å². The van der Waals surface area contributed by atoms with Crippen LogP contribution in [0.2, 0.25) is 0 Å². The van der Waals surface area contributed by atoms with Crippen molar-refractivity contribution in [3.8, 4) is 11.4 Å². The van der Waals surface area contributed by atoms with Gasteiger partial charge in [-0.1, -0.05) is 19.1 Å². The predicted octanol–water partition coefficient (Wildman–Crippen LogP) is 1.91. The van der Waals surface area contributed by atoms with Crippen LogP contribution >= 0.6 is 0 Å². The summed E-state index contributed by atoms with van der Waals surface area (Å²) in [7, 11) is 0. The highest BCUT2D eigenvalue weighted by molar-refractivity contribution is 5.89. The number of nitrogens with zero attached hydrogens (tertiary/aromatic N) is 4. The van der Waals surface area contributed by atoms with Gasteiger partial charge in [-0.3, -0.25) is 9.36 Å². The Labute approximate surface area is 184 Å². The molecule has 10 nitrogen and oxygen atoms in total. The summed E-state index contributed by atoms with van der Waals surface area (Å²) in [6, 6.07) is 8.26. The third-order valence-electron chi connectivity index (χ3n) is 5.41. The molecular formula is C22H27N7O3. The Balaban J connectivity index is 1.31. The van der Waals surface area contributed by atoms with Crippen LogP contribution in [-0.2, 0) is 25.9 Å². The summed E-state index contributed by atoms with van der Waals surface area (Å²) in [4.78, 5) is 43.6. The summed E-state index contributed by atoms with van der Waals surface area (Å²) >= 11 is 0. The number of hydrogen-bond acceptors (Lipinski definition) is 5. The fourth-order valence-corrected chi connectivity index (χ4v) is 3.77. The van der Waals surface area contributed by atoms with E-state index in [0.717, 1.165) is 31.6 Å². The van der Waals surface area contributed by atoms with Crippen LogP contribution in [0.5, 0.6) is 0 Å². The Kier molecular flexibility index (Phi) is 6.48. The molecule has 0 fully saturated rings. The molecular weight excluding hydrogens is 410 g/mol. The van der Waals surface area contributed by atoms with E-state index in [0.29, 0.717) is 48.7 Å². The minimum atomic E-state index is -0.345. The Morgan fingerprint density at radius 1 is 1.22 bits per heavy atom. The van der Waals surface area contributed by atoms with Gasteiger partial charge < -0.3 is 15.6 Å². The van der Waals surface area contributed by atoms with Crippen LogP contribution in [0, 0.1) is 0 Å². The molecule has 0 radical (unpaired) electrons. The zero-order valence-corrected chi connectivity index (χ0v) is 18.1. The number of H-pyrrole nitrogens is 1. The lowest BCUT2D eigenvalue weighted by atomic mass is 10.2. The molecule has 2 amide bonds. The van der Waals surface area contributed by atoms with E-state index >= 15 is 0 Å². The number of anilines is 1. The normalized spacial score (nSPS) is 12.9. The topological polar surface area (TPSA) is 127 Å². The van der Waals surface area contributed by atoms with Gasteiger partial charge in [-0.15, -0.1) is 0 Å². The molecule has 3 aromatic rings. The lowest BCUT2D eigenvalue weighted by Crippen LogP contribution is -2.31. The molecule has 0 atom stereocenters. The molecule has 0 bridgehead atoms. The molecule has 0 saturated carbocycles. The second-order valence-electron chi connectivity index (χ2n) is 7.78. The van der Waals surface area contributed by atoms with Crippen molar-refractivity contribution in [2.24, 2.45) is 0 Å². The minimum Gasteiger partial charge on any atom is -0.338 e. The van der Waals surface area contributed by atoms with Gasteiger partial charge in [-0.2, -0.15) is 5.10 Å². The molecule has 1 aliphatic heterocycles. The standard InChI is InChI=1S/C22H27N7O3/c1-2-16-14-19(30)26-20(24-16)15-7-5-8-17(13-15)25-21(31)23-10-6-12-29-22(32)28-11-4-3-9-18(28)27-29/h5,7-8,13-14H,2-4,6,9-12H2,1H3,(H2,23,25,31)(H,24,26,30). The number of nitrogens with one attached hydrogen (secondary N) is 3. The predicted molar refractivity (Wildman–Crippen MR) is 121 cm³/mol. The maximum absolute atomic E-state index is 12.3. The van der Waals surface area contributed by atoms with Gasteiger partial charge in [0.15, 0.2) is 0 Å². The number of carbonyl (C=O) groups is 1. The molecule has 32 heavy (non-hydrogen) atoms. The fourth-order valence-electron chi connectivity index (χ4n) is 3.77. The number of fused-ring (bicyclic) bond motifs is 1. The van der Waals surface area contributed by atoms with Gasteiger partial charge >= 0.3 is 11.7 Å². The molecule has 2 aromatic heterocycles. The van der Waals surface area contributed by atoms with E-state index in [1.807, 2.05) is 13.0 Å². The van der Waals surface area contributed by atoms with Crippen molar-refractivity contribution < 1.29 is 4.79 Å². The first kappa shape index (κ1) is 21.5. The van der Waals surface area contributed by atoms with E-state index < -0.39 is 0 Å². The molecule has 3 N–H and O–H groups in total. The summed E-state index contributed by atoms with van der Waals surface area (Å²) in [5, 5.41) is 9.98. The lowest BCUT2D eigenvalue weighted by Gasteiger charge is -2.09. The summed E-state index contributed by atoms with van der Waals surface area (Å²) in [5.41, 5.74) is 1.72. The SMILES string of the molecule is CCc1cc(=O)[nH]c(-c2cccc(NC(=O)NCCCn3nc4n(c3=O)CCCC4)c2)n1. The number of urea groups is 1. The van der Waals surface area contributed by atoms with Gasteiger partial charge in [0.25, 0.3) is 5.56 Å². The van der Waals surface area contributed by atoms with Crippen molar-refractivity contribution in [2.45, 2.75) is 52.1 Å². The zero-order chi connectivity index (χ0) is 22.5. The average molecular weight is 438 g/mol. The number of aromatic nitrogens is 5. The number of carbonyl (C=O) groups excluding carboxylic acids is 1. The lowest BCUT2D eigenvalue weighted by molar-refractivity contribution is 0.251. The average Bonchev–Trinajstić information content (AvgIpc) is 3.12. The van der Waals surface area contributed by atoms with Gasteiger partial charge in [-0.05, 0) is 37.8 Å². The smallest absolute Gasteiger partial charge is 0.338 e. The van der Waals surface area contributed by atoms with Gasteiger partial charge in [0.05, 0.1) is 0 Å². The number of hydrogen-bond donors (Lipinski definition) is 3. The summed E-state index contributed by atoms with van der Waals surface area (Å²) in [5.74, 6) is 1.32. The third-order valence-corrected chi connectivity index (χ3v) is 5.41. The first-order valence-electron chi connectivity index (χ1n) is 11.0. The summed E-state index contributed by atoms with van der Waals surface area (Å²) in [6.07, 6.45) is 4.17. The zero-order valence-electron chi connectivity index (χ0n) is 18.1. The molecule has 0 aliphatic carbocycles. The van der Waals surface area contributed by atoms with Crippen molar-refractivity contribution in [1.82, 2.24) is 29.6 Å². The van der Waals surface area contributed by atoms with Gasteiger partial charge in [0, 0.05) is 49.1 Å². The summed E-state index contributed by atoms with van der Waals surface area (Å²) < 4.78 is 3.23. The molecule has 1 aliphatic rings. The second-order valence-corrected chi connectivity index (χ2v) is 7.78. The van der Waals surface area contributed by atoms with Crippen molar-refractivity contribution >= 4 is 11.7 Å². The van der Waals surface area contributed by atoms with Crippen molar-refractivity contribution in [3.05, 3.63) is 62.7 Å². The molecule has 168 valence electrons. The highest BCUT2D eigenvalue weighted by Gasteiger charge is 2.16. The van der Waals surface area contributed by atoms with Crippen LogP contribution in [0.25, 0.3) is 11.4 Å². The molecule has 0 spiro atoms. The third kappa shape index (κ3) is 4.96. The molecule has 4 rings (SSSR count). The van der Waals surface area contributed by atoms with E-state index in [-0.39, 0.29) is 17.3 Å². The van der Waals surface area contributed by atoms with E-state index in [4.69, 9.17) is 0 Å². The number of rotatable bonds is 7. The maximum Gasteiger partial charge on any atom is 0.345 e. The fraction of sp³-hybridized carbons (Fsp3) is 0.409. The monoisotopic (exact) mass is 437 g/mol. The van der Waals surface area contributed by atoms with Crippen LogP contribution in [-0.4, -0.2) is 36.9 Å². The molecule has 10 heteroatoms. The number of benzene rings is 1. The largest absolute Gasteiger partial charge is 0.345 e. The molecule has 3 heterocycles. The van der Waals surface area contributed by atoms with E-state index in [9.17, 15) is 14.4 Å². The molecule has 0 unspecified atom stereocenters. The highest BCUT2D eigenvalue weighted by atomic mass is 16.2. The Morgan fingerprint density at radius 2 is 2.09 bits per heavy atom. The minimum absolute atomic E-state index is 0.0697. The van der Waals surface area contributed by atoms with Crippen molar-refractivity contribution in [3.63, 3.8) is 0 Å².